The molecule has 1 aromatic carbocycles. The third kappa shape index (κ3) is 2.96. The molecule has 0 atom stereocenters. The lowest BCUT2D eigenvalue weighted by Gasteiger charge is -2.09. The van der Waals surface area contributed by atoms with Crippen LogP contribution in [-0.2, 0) is 0 Å². The lowest BCUT2D eigenvalue weighted by Crippen LogP contribution is -2.05. The molecule has 0 amide bonds. The molecule has 2 aromatic heterocycles. The van der Waals surface area contributed by atoms with Gasteiger partial charge in [0.25, 0.3) is 0 Å². The first-order valence-corrected chi connectivity index (χ1v) is 7.27. The first kappa shape index (κ1) is 14.2. The summed E-state index contributed by atoms with van der Waals surface area (Å²) in [5.74, 6) is 1.50. The molecule has 1 N–H and O–H groups in total. The van der Waals surface area contributed by atoms with Gasteiger partial charge in [-0.25, -0.2) is 9.97 Å². The molecule has 2 heterocycles. The first-order valence-electron chi connectivity index (χ1n) is 6.52. The zero-order valence-electron chi connectivity index (χ0n) is 11.5. The monoisotopic (exact) mass is 321 g/mol. The van der Waals surface area contributed by atoms with E-state index in [1.807, 2.05) is 38.1 Å². The summed E-state index contributed by atoms with van der Waals surface area (Å²) in [6, 6.07) is 9.44. The van der Waals surface area contributed by atoms with E-state index in [9.17, 15) is 0 Å². The molecular formula is C15H13Cl2N3O. The normalized spacial score (nSPS) is 11.3. The summed E-state index contributed by atoms with van der Waals surface area (Å²) in [6.07, 6.45) is 0.121. The number of aromatic amines is 1. The van der Waals surface area contributed by atoms with Gasteiger partial charge in [-0.1, -0.05) is 35.3 Å². The predicted molar refractivity (Wildman–Crippen MR) is 85.1 cm³/mol. The fourth-order valence-electron chi connectivity index (χ4n) is 2.02. The molecule has 21 heavy (non-hydrogen) atoms. The molecule has 0 saturated heterocycles. The lowest BCUT2D eigenvalue weighted by atomic mass is 10.2. The van der Waals surface area contributed by atoms with Gasteiger partial charge in [-0.3, -0.25) is 0 Å². The van der Waals surface area contributed by atoms with Crippen LogP contribution < -0.4 is 4.74 Å². The van der Waals surface area contributed by atoms with Crippen LogP contribution >= 0.6 is 23.2 Å². The number of nitrogens with zero attached hydrogens (tertiary/aromatic N) is 2. The van der Waals surface area contributed by atoms with Crippen LogP contribution in [0, 0.1) is 0 Å². The summed E-state index contributed by atoms with van der Waals surface area (Å²) >= 11 is 11.9. The standard InChI is InChI=1S/C15H13Cl2N3O/c1-8(2)21-10-5-3-4-9(6-10)14-18-12-7-11(16)13(17)19-15(12)20-14/h3-8H,1-2H3,(H,18,19,20). The number of fused-ring (bicyclic) bond motifs is 1. The molecule has 0 unspecified atom stereocenters. The van der Waals surface area contributed by atoms with Gasteiger partial charge >= 0.3 is 0 Å². The van der Waals surface area contributed by atoms with E-state index in [4.69, 9.17) is 27.9 Å². The largest absolute Gasteiger partial charge is 0.491 e. The molecule has 0 bridgehead atoms. The average molecular weight is 322 g/mol. The summed E-state index contributed by atoms with van der Waals surface area (Å²) in [5.41, 5.74) is 2.20. The maximum absolute atomic E-state index is 5.96. The van der Waals surface area contributed by atoms with Crippen molar-refractivity contribution in [3.8, 4) is 17.1 Å². The van der Waals surface area contributed by atoms with E-state index in [0.29, 0.717) is 16.5 Å². The van der Waals surface area contributed by atoms with E-state index in [1.165, 1.54) is 0 Å². The van der Waals surface area contributed by atoms with E-state index in [1.54, 1.807) is 6.07 Å². The summed E-state index contributed by atoms with van der Waals surface area (Å²) in [5, 5.41) is 0.648. The van der Waals surface area contributed by atoms with E-state index < -0.39 is 0 Å². The Bertz CT molecular complexity index is 760. The number of pyridine rings is 1. The Morgan fingerprint density at radius 3 is 2.71 bits per heavy atom. The van der Waals surface area contributed by atoms with Gasteiger partial charge in [0.1, 0.15) is 16.7 Å². The smallest absolute Gasteiger partial charge is 0.179 e. The number of hydrogen-bond acceptors (Lipinski definition) is 3. The van der Waals surface area contributed by atoms with Crippen molar-refractivity contribution in [2.45, 2.75) is 20.0 Å². The van der Waals surface area contributed by atoms with Crippen LogP contribution in [0.25, 0.3) is 22.6 Å². The van der Waals surface area contributed by atoms with Gasteiger partial charge in [-0.2, -0.15) is 0 Å². The third-order valence-electron chi connectivity index (χ3n) is 2.86. The van der Waals surface area contributed by atoms with Gasteiger partial charge < -0.3 is 9.72 Å². The Labute approximate surface area is 132 Å². The van der Waals surface area contributed by atoms with Crippen LogP contribution in [-0.4, -0.2) is 21.1 Å². The zero-order valence-corrected chi connectivity index (χ0v) is 13.0. The number of ether oxygens (including phenoxy) is 1. The Morgan fingerprint density at radius 2 is 1.95 bits per heavy atom. The fraction of sp³-hybridized carbons (Fsp3) is 0.200. The van der Waals surface area contributed by atoms with Crippen molar-refractivity contribution in [2.24, 2.45) is 0 Å². The van der Waals surface area contributed by atoms with Crippen molar-refractivity contribution in [2.75, 3.05) is 0 Å². The maximum atomic E-state index is 5.96. The molecule has 0 fully saturated rings. The number of hydrogen-bond donors (Lipinski definition) is 1. The highest BCUT2D eigenvalue weighted by Crippen LogP contribution is 2.27. The van der Waals surface area contributed by atoms with Gasteiger partial charge in [-0.05, 0) is 32.0 Å². The van der Waals surface area contributed by atoms with Gasteiger partial charge in [0, 0.05) is 5.56 Å². The highest BCUT2D eigenvalue weighted by molar-refractivity contribution is 6.41. The molecule has 0 spiro atoms. The Morgan fingerprint density at radius 1 is 1.14 bits per heavy atom. The second kappa shape index (κ2) is 5.54. The molecule has 0 radical (unpaired) electrons. The van der Waals surface area contributed by atoms with Crippen molar-refractivity contribution >= 4 is 34.4 Å². The third-order valence-corrected chi connectivity index (χ3v) is 3.54. The Hall–Kier alpha value is -1.78. The van der Waals surface area contributed by atoms with E-state index in [0.717, 1.165) is 16.8 Å². The number of halogens is 2. The SMILES string of the molecule is CC(C)Oc1cccc(-c2nc3nc(Cl)c(Cl)cc3[nH]2)c1. The number of aromatic nitrogens is 3. The average Bonchev–Trinajstić information content (AvgIpc) is 2.82. The highest BCUT2D eigenvalue weighted by atomic mass is 35.5. The van der Waals surface area contributed by atoms with Crippen molar-refractivity contribution in [3.63, 3.8) is 0 Å². The zero-order chi connectivity index (χ0) is 15.0. The van der Waals surface area contributed by atoms with Crippen LogP contribution in [0.5, 0.6) is 5.75 Å². The summed E-state index contributed by atoms with van der Waals surface area (Å²) in [6.45, 7) is 3.98. The number of nitrogens with one attached hydrogen (secondary N) is 1. The molecule has 0 aliphatic rings. The van der Waals surface area contributed by atoms with Crippen LogP contribution in [0.1, 0.15) is 13.8 Å². The van der Waals surface area contributed by atoms with Crippen molar-refractivity contribution < 1.29 is 4.74 Å². The molecule has 3 aromatic rings. The number of H-pyrrole nitrogens is 1. The second-order valence-electron chi connectivity index (χ2n) is 4.91. The van der Waals surface area contributed by atoms with Gasteiger partial charge in [0.15, 0.2) is 5.65 Å². The van der Waals surface area contributed by atoms with Crippen LogP contribution in [0.2, 0.25) is 10.2 Å². The second-order valence-corrected chi connectivity index (χ2v) is 5.68. The lowest BCUT2D eigenvalue weighted by molar-refractivity contribution is 0.242. The fourth-order valence-corrected chi connectivity index (χ4v) is 2.31. The molecule has 0 saturated carbocycles. The first-order chi connectivity index (χ1) is 10.0. The van der Waals surface area contributed by atoms with E-state index in [2.05, 4.69) is 15.0 Å². The molecule has 6 heteroatoms. The van der Waals surface area contributed by atoms with Crippen molar-refractivity contribution in [1.82, 2.24) is 15.0 Å². The molecule has 4 nitrogen and oxygen atoms in total. The minimum atomic E-state index is 0.121. The summed E-state index contributed by atoms with van der Waals surface area (Å²) in [7, 11) is 0. The van der Waals surface area contributed by atoms with Gasteiger partial charge in [0.2, 0.25) is 0 Å². The topological polar surface area (TPSA) is 50.8 Å². The van der Waals surface area contributed by atoms with Crippen LogP contribution in [0.15, 0.2) is 30.3 Å². The Balaban J connectivity index is 2.04. The number of rotatable bonds is 3. The molecule has 108 valence electrons. The van der Waals surface area contributed by atoms with Gasteiger partial charge in [0.05, 0.1) is 16.6 Å². The van der Waals surface area contributed by atoms with Crippen molar-refractivity contribution in [1.29, 1.82) is 0 Å². The minimum absolute atomic E-state index is 0.121. The quantitative estimate of drug-likeness (QED) is 0.710. The number of imidazole rings is 1. The van der Waals surface area contributed by atoms with Gasteiger partial charge in [-0.15, -0.1) is 0 Å². The molecular weight excluding hydrogens is 309 g/mol. The van der Waals surface area contributed by atoms with Crippen LogP contribution in [0.3, 0.4) is 0 Å². The summed E-state index contributed by atoms with van der Waals surface area (Å²) < 4.78 is 5.69. The molecule has 0 aliphatic carbocycles. The van der Waals surface area contributed by atoms with Crippen molar-refractivity contribution in [3.05, 3.63) is 40.5 Å². The van der Waals surface area contributed by atoms with Crippen LogP contribution in [0.4, 0.5) is 0 Å². The predicted octanol–water partition coefficient (Wildman–Crippen LogP) is 4.72. The minimum Gasteiger partial charge on any atom is -0.491 e. The summed E-state index contributed by atoms with van der Waals surface area (Å²) in [4.78, 5) is 11.8. The van der Waals surface area contributed by atoms with E-state index in [-0.39, 0.29) is 11.3 Å². The highest BCUT2D eigenvalue weighted by Gasteiger charge is 2.10. The molecule has 0 aliphatic heterocycles. The Kier molecular flexibility index (Phi) is 3.74. The molecule has 3 rings (SSSR count). The maximum Gasteiger partial charge on any atom is 0.179 e. The number of benzene rings is 1. The van der Waals surface area contributed by atoms with E-state index >= 15 is 0 Å².